The number of nitrogens with one attached hydrogen (secondary N) is 2. The highest BCUT2D eigenvalue weighted by Crippen LogP contribution is 2.34. The van der Waals surface area contributed by atoms with Crippen molar-refractivity contribution in [1.29, 1.82) is 0 Å². The first kappa shape index (κ1) is 14.0. The Morgan fingerprint density at radius 1 is 1.05 bits per heavy atom. The highest BCUT2D eigenvalue weighted by Gasteiger charge is 2.21. The van der Waals surface area contributed by atoms with Crippen LogP contribution in [0.5, 0.6) is 11.5 Å². The van der Waals surface area contributed by atoms with Gasteiger partial charge in [0.25, 0.3) is 0 Å². The number of rotatable bonds is 2. The third kappa shape index (κ3) is 2.75. The van der Waals surface area contributed by atoms with E-state index in [1.807, 2.05) is 31.2 Å². The lowest BCUT2D eigenvalue weighted by Gasteiger charge is -2.11. The van der Waals surface area contributed by atoms with Crippen molar-refractivity contribution in [1.82, 2.24) is 10.9 Å². The summed E-state index contributed by atoms with van der Waals surface area (Å²) in [6.07, 6.45) is 1.94. The van der Waals surface area contributed by atoms with Crippen LogP contribution >= 0.6 is 15.9 Å². The summed E-state index contributed by atoms with van der Waals surface area (Å²) in [6.45, 7) is 1.98. The topological polar surface area (TPSA) is 64.5 Å². The van der Waals surface area contributed by atoms with Crippen LogP contribution in [-0.2, 0) is 0 Å². The van der Waals surface area contributed by atoms with Crippen LogP contribution in [0.2, 0.25) is 0 Å². The van der Waals surface area contributed by atoms with E-state index in [0.29, 0.717) is 0 Å². The zero-order valence-electron chi connectivity index (χ0n) is 11.4. The second kappa shape index (κ2) is 5.42. The van der Waals surface area contributed by atoms with Crippen LogP contribution in [0.1, 0.15) is 22.7 Å². The van der Waals surface area contributed by atoms with Gasteiger partial charge in [0.2, 0.25) is 0 Å². The molecule has 1 aliphatic rings. The van der Waals surface area contributed by atoms with Crippen LogP contribution in [0.15, 0.2) is 46.9 Å². The first-order chi connectivity index (χ1) is 10.0. The maximum absolute atomic E-state index is 9.99. The molecule has 0 bridgehead atoms. The number of hydrazine groups is 1. The number of hydrogen-bond acceptors (Lipinski definition) is 4. The summed E-state index contributed by atoms with van der Waals surface area (Å²) in [5.74, 6) is 0.448. The predicted molar refractivity (Wildman–Crippen MR) is 85.6 cm³/mol. The minimum absolute atomic E-state index is 0.169. The zero-order chi connectivity index (χ0) is 15.0. The van der Waals surface area contributed by atoms with Crippen molar-refractivity contribution in [3.05, 3.63) is 63.6 Å². The van der Waals surface area contributed by atoms with E-state index < -0.39 is 0 Å². The Morgan fingerprint density at radius 3 is 2.62 bits per heavy atom. The fourth-order valence-corrected chi connectivity index (χ4v) is 2.75. The van der Waals surface area contributed by atoms with Gasteiger partial charge in [-0.1, -0.05) is 27.6 Å². The van der Waals surface area contributed by atoms with Crippen molar-refractivity contribution in [2.45, 2.75) is 13.0 Å². The van der Waals surface area contributed by atoms with Gasteiger partial charge in [-0.25, -0.2) is 5.43 Å². The van der Waals surface area contributed by atoms with Gasteiger partial charge in [-0.2, -0.15) is 0 Å². The van der Waals surface area contributed by atoms with Gasteiger partial charge in [-0.3, -0.25) is 0 Å². The van der Waals surface area contributed by atoms with Crippen molar-refractivity contribution in [2.24, 2.45) is 0 Å². The third-order valence-electron chi connectivity index (χ3n) is 3.46. The monoisotopic (exact) mass is 346 g/mol. The number of benzene rings is 2. The van der Waals surface area contributed by atoms with Crippen molar-refractivity contribution in [2.75, 3.05) is 0 Å². The van der Waals surface area contributed by atoms with Gasteiger partial charge in [0.1, 0.15) is 11.5 Å². The summed E-state index contributed by atoms with van der Waals surface area (Å²) >= 11 is 3.40. The molecule has 0 fully saturated rings. The molecule has 0 aliphatic carbocycles. The molecule has 3 rings (SSSR count). The lowest BCUT2D eigenvalue weighted by atomic mass is 10.0. The molecule has 0 saturated heterocycles. The average Bonchev–Trinajstić information content (AvgIpc) is 2.93. The number of aromatic hydroxyl groups is 2. The Balaban J connectivity index is 1.97. The van der Waals surface area contributed by atoms with Crippen LogP contribution < -0.4 is 10.9 Å². The molecule has 0 saturated carbocycles. The van der Waals surface area contributed by atoms with Crippen LogP contribution in [0, 0.1) is 6.92 Å². The van der Waals surface area contributed by atoms with Crippen LogP contribution in [0.4, 0.5) is 0 Å². The van der Waals surface area contributed by atoms with E-state index in [-0.39, 0.29) is 17.5 Å². The minimum atomic E-state index is -0.169. The van der Waals surface area contributed by atoms with E-state index in [0.717, 1.165) is 26.9 Å². The molecule has 2 aromatic carbocycles. The number of phenols is 2. The molecule has 1 aliphatic heterocycles. The summed E-state index contributed by atoms with van der Waals surface area (Å²) in [6, 6.07) is 10.6. The molecule has 0 aromatic heterocycles. The molecular weight excluding hydrogens is 332 g/mol. The predicted octanol–water partition coefficient (Wildman–Crippen LogP) is 3.36. The normalized spacial score (nSPS) is 17.4. The summed E-state index contributed by atoms with van der Waals surface area (Å²) in [5, 5.41) is 20.0. The standard InChI is InChI=1S/C16H15BrN2O2/c1-9-2-4-15(20)11(6-9)13-8-14(19-18-13)12-7-10(17)3-5-16(12)21/h2-8,14,18-21H,1H3. The van der Waals surface area contributed by atoms with Gasteiger partial charge in [-0.05, 0) is 43.3 Å². The highest BCUT2D eigenvalue weighted by molar-refractivity contribution is 9.10. The average molecular weight is 347 g/mol. The number of aryl methyl sites for hydroxylation is 1. The van der Waals surface area contributed by atoms with E-state index in [1.54, 1.807) is 18.2 Å². The Hall–Kier alpha value is -1.98. The SMILES string of the molecule is Cc1ccc(O)c(C2=CC(c3cc(Br)ccc3O)NN2)c1. The van der Waals surface area contributed by atoms with E-state index in [2.05, 4.69) is 26.8 Å². The largest absolute Gasteiger partial charge is 0.508 e. The summed E-state index contributed by atoms with van der Waals surface area (Å²) < 4.78 is 0.900. The molecule has 5 heteroatoms. The molecule has 0 radical (unpaired) electrons. The van der Waals surface area contributed by atoms with Gasteiger partial charge < -0.3 is 15.6 Å². The second-order valence-corrected chi connectivity index (χ2v) is 5.97. The molecule has 4 N–H and O–H groups in total. The van der Waals surface area contributed by atoms with Crippen LogP contribution in [-0.4, -0.2) is 10.2 Å². The molecule has 108 valence electrons. The molecule has 1 atom stereocenters. The van der Waals surface area contributed by atoms with Gasteiger partial charge in [-0.15, -0.1) is 0 Å². The lowest BCUT2D eigenvalue weighted by Crippen LogP contribution is -2.26. The van der Waals surface area contributed by atoms with Crippen molar-refractivity contribution >= 4 is 21.6 Å². The first-order valence-corrected chi connectivity index (χ1v) is 7.35. The van der Waals surface area contributed by atoms with Crippen LogP contribution in [0.25, 0.3) is 5.70 Å². The van der Waals surface area contributed by atoms with Gasteiger partial charge in [0, 0.05) is 15.6 Å². The second-order valence-electron chi connectivity index (χ2n) is 5.05. The van der Waals surface area contributed by atoms with E-state index in [1.165, 1.54) is 0 Å². The maximum atomic E-state index is 9.99. The van der Waals surface area contributed by atoms with E-state index in [4.69, 9.17) is 0 Å². The zero-order valence-corrected chi connectivity index (χ0v) is 13.0. The Morgan fingerprint density at radius 2 is 1.81 bits per heavy atom. The highest BCUT2D eigenvalue weighted by atomic mass is 79.9. The minimum Gasteiger partial charge on any atom is -0.508 e. The lowest BCUT2D eigenvalue weighted by molar-refractivity contribution is 0.458. The molecule has 1 heterocycles. The fourth-order valence-electron chi connectivity index (χ4n) is 2.37. The quantitative estimate of drug-likeness (QED) is 0.673. The first-order valence-electron chi connectivity index (χ1n) is 6.56. The molecule has 0 amide bonds. The van der Waals surface area contributed by atoms with E-state index in [9.17, 15) is 10.2 Å². The van der Waals surface area contributed by atoms with E-state index >= 15 is 0 Å². The molecule has 2 aromatic rings. The van der Waals surface area contributed by atoms with Crippen molar-refractivity contribution in [3.63, 3.8) is 0 Å². The fraction of sp³-hybridized carbons (Fsp3) is 0.125. The molecule has 21 heavy (non-hydrogen) atoms. The Labute approximate surface area is 131 Å². The molecule has 0 spiro atoms. The van der Waals surface area contributed by atoms with Gasteiger partial charge in [0.15, 0.2) is 0 Å². The summed E-state index contributed by atoms with van der Waals surface area (Å²) in [5.41, 5.74) is 9.52. The van der Waals surface area contributed by atoms with Crippen molar-refractivity contribution < 1.29 is 10.2 Å². The van der Waals surface area contributed by atoms with Gasteiger partial charge >= 0.3 is 0 Å². The molecule has 4 nitrogen and oxygen atoms in total. The molecule has 1 unspecified atom stereocenters. The summed E-state index contributed by atoms with van der Waals surface area (Å²) in [7, 11) is 0. The Kier molecular flexibility index (Phi) is 3.61. The smallest absolute Gasteiger partial charge is 0.124 e. The number of halogens is 1. The van der Waals surface area contributed by atoms with Gasteiger partial charge in [0.05, 0.1) is 11.7 Å². The summed E-state index contributed by atoms with van der Waals surface area (Å²) in [4.78, 5) is 0. The maximum Gasteiger partial charge on any atom is 0.124 e. The number of phenolic OH excluding ortho intramolecular Hbond substituents is 2. The van der Waals surface area contributed by atoms with Crippen LogP contribution in [0.3, 0.4) is 0 Å². The Bertz CT molecular complexity index is 728. The number of hydrogen-bond donors (Lipinski definition) is 4. The van der Waals surface area contributed by atoms with Crippen molar-refractivity contribution in [3.8, 4) is 11.5 Å². The third-order valence-corrected chi connectivity index (χ3v) is 3.96. The molecular formula is C16H15BrN2O2.